The van der Waals surface area contributed by atoms with Gasteiger partial charge in [0, 0.05) is 5.69 Å². The van der Waals surface area contributed by atoms with E-state index < -0.39 is 5.97 Å². The molecule has 1 atom stereocenters. The third-order valence-corrected chi connectivity index (χ3v) is 4.15. The highest BCUT2D eigenvalue weighted by Crippen LogP contribution is 2.22. The average molecular weight is 311 g/mol. The fourth-order valence-electron chi connectivity index (χ4n) is 1.74. The number of hydrogen-bond acceptors (Lipinski definition) is 4. The molecule has 0 saturated heterocycles. The molecular weight excluding hydrogens is 290 g/mol. The molecule has 0 aliphatic carbocycles. The quantitative estimate of drug-likeness (QED) is 0.772. The molecule has 1 aromatic carbocycles. The van der Waals surface area contributed by atoms with E-state index in [0.29, 0.717) is 11.4 Å². The number of carbonyl (C=O) groups is 2. The van der Waals surface area contributed by atoms with E-state index in [-0.39, 0.29) is 23.7 Å². The number of amides is 1. The average Bonchev–Trinajstić information content (AvgIpc) is 2.43. The number of nitrogens with one attached hydrogen (secondary N) is 1. The number of rotatable bonds is 8. The summed E-state index contributed by atoms with van der Waals surface area (Å²) in [6, 6.07) is 6.66. The van der Waals surface area contributed by atoms with E-state index in [9.17, 15) is 9.59 Å². The van der Waals surface area contributed by atoms with E-state index >= 15 is 0 Å². The first-order valence-electron chi connectivity index (χ1n) is 6.81. The lowest BCUT2D eigenvalue weighted by Gasteiger charge is -2.19. The van der Waals surface area contributed by atoms with E-state index in [1.165, 1.54) is 0 Å². The molecule has 0 aromatic heterocycles. The Bertz CT molecular complexity index is 473. The molecule has 5 nitrogen and oxygen atoms in total. The molecule has 0 heterocycles. The van der Waals surface area contributed by atoms with E-state index in [1.807, 2.05) is 20.8 Å². The van der Waals surface area contributed by atoms with Crippen LogP contribution in [0.3, 0.4) is 0 Å². The first-order valence-corrected chi connectivity index (χ1v) is 7.86. The number of carbonyl (C=O) groups excluding carboxylic acids is 1. The van der Waals surface area contributed by atoms with Gasteiger partial charge in [0.25, 0.3) is 0 Å². The number of aliphatic carboxylic acids is 1. The topological polar surface area (TPSA) is 75.6 Å². The molecule has 2 N–H and O–H groups in total. The molecule has 0 bridgehead atoms. The van der Waals surface area contributed by atoms with Crippen molar-refractivity contribution < 1.29 is 19.4 Å². The van der Waals surface area contributed by atoms with E-state index in [4.69, 9.17) is 9.84 Å². The second-order valence-corrected chi connectivity index (χ2v) is 6.23. The normalized spacial score (nSPS) is 12.0. The van der Waals surface area contributed by atoms with Crippen molar-refractivity contribution >= 4 is 29.3 Å². The third kappa shape index (κ3) is 6.08. The van der Waals surface area contributed by atoms with Crippen LogP contribution in [0.1, 0.15) is 20.8 Å². The van der Waals surface area contributed by atoms with Crippen molar-refractivity contribution in [1.82, 2.24) is 0 Å². The number of hydrogen-bond donors (Lipinski definition) is 2. The Labute approximate surface area is 129 Å². The van der Waals surface area contributed by atoms with Crippen LogP contribution in [0, 0.1) is 5.92 Å². The van der Waals surface area contributed by atoms with Crippen molar-refractivity contribution in [3.8, 4) is 5.75 Å². The summed E-state index contributed by atoms with van der Waals surface area (Å²) < 4.78 is 5.04. The molecule has 1 rings (SSSR count). The molecule has 0 spiro atoms. The van der Waals surface area contributed by atoms with Crippen molar-refractivity contribution in [2.24, 2.45) is 5.92 Å². The van der Waals surface area contributed by atoms with Gasteiger partial charge in [-0.1, -0.05) is 20.8 Å². The summed E-state index contributed by atoms with van der Waals surface area (Å²) >= 11 is 1.62. The number of benzene rings is 1. The number of ether oxygens (including phenoxy) is 1. The Hall–Kier alpha value is -1.69. The molecule has 0 saturated carbocycles. The Morgan fingerprint density at radius 2 is 1.90 bits per heavy atom. The Morgan fingerprint density at radius 1 is 1.29 bits per heavy atom. The zero-order valence-corrected chi connectivity index (χ0v) is 13.3. The first kappa shape index (κ1) is 17.4. The van der Waals surface area contributed by atoms with Gasteiger partial charge in [-0.2, -0.15) is 0 Å². The fourth-order valence-corrected chi connectivity index (χ4v) is 2.70. The maximum atomic E-state index is 12.2. The predicted molar refractivity (Wildman–Crippen MR) is 85.0 cm³/mol. The second kappa shape index (κ2) is 8.56. The van der Waals surface area contributed by atoms with Crippen LogP contribution in [0.15, 0.2) is 24.3 Å². The largest absolute Gasteiger partial charge is 0.482 e. The van der Waals surface area contributed by atoms with Crippen LogP contribution < -0.4 is 10.1 Å². The maximum absolute atomic E-state index is 12.2. The molecule has 0 aliphatic heterocycles. The highest BCUT2D eigenvalue weighted by molar-refractivity contribution is 8.00. The monoisotopic (exact) mass is 311 g/mol. The van der Waals surface area contributed by atoms with Crippen LogP contribution in [-0.4, -0.2) is 34.6 Å². The van der Waals surface area contributed by atoms with Gasteiger partial charge in [-0.15, -0.1) is 11.8 Å². The lowest BCUT2D eigenvalue weighted by molar-refractivity contribution is -0.139. The lowest BCUT2D eigenvalue weighted by Crippen LogP contribution is -2.29. The summed E-state index contributed by atoms with van der Waals surface area (Å²) in [6.07, 6.45) is 0. The van der Waals surface area contributed by atoms with Crippen molar-refractivity contribution in [2.45, 2.75) is 26.0 Å². The van der Waals surface area contributed by atoms with Crippen LogP contribution in [0.2, 0.25) is 0 Å². The minimum atomic E-state index is -1.02. The maximum Gasteiger partial charge on any atom is 0.341 e. The van der Waals surface area contributed by atoms with Gasteiger partial charge in [0.1, 0.15) is 5.75 Å². The number of carboxylic acids is 1. The van der Waals surface area contributed by atoms with Gasteiger partial charge in [-0.25, -0.2) is 4.79 Å². The van der Waals surface area contributed by atoms with Gasteiger partial charge >= 0.3 is 5.97 Å². The highest BCUT2D eigenvalue weighted by Gasteiger charge is 2.21. The Kier molecular flexibility index (Phi) is 7.08. The molecule has 0 aliphatic rings. The minimum absolute atomic E-state index is 0.0175. The summed E-state index contributed by atoms with van der Waals surface area (Å²) in [7, 11) is 0. The van der Waals surface area contributed by atoms with Crippen molar-refractivity contribution in [2.75, 3.05) is 17.7 Å². The predicted octanol–water partition coefficient (Wildman–Crippen LogP) is 2.87. The summed E-state index contributed by atoms with van der Waals surface area (Å²) in [5, 5.41) is 11.3. The van der Waals surface area contributed by atoms with E-state index in [2.05, 4.69) is 5.32 Å². The number of anilines is 1. The third-order valence-electron chi connectivity index (χ3n) is 2.69. The van der Waals surface area contributed by atoms with Gasteiger partial charge in [-0.3, -0.25) is 4.79 Å². The summed E-state index contributed by atoms with van der Waals surface area (Å²) in [5.41, 5.74) is 0.671. The number of thioether (sulfide) groups is 1. The number of carboxylic acid groups (broad SMARTS) is 1. The summed E-state index contributed by atoms with van der Waals surface area (Å²) in [6.45, 7) is 5.70. The van der Waals surface area contributed by atoms with Crippen LogP contribution in [0.25, 0.3) is 0 Å². The zero-order chi connectivity index (χ0) is 15.8. The Balaban J connectivity index is 2.61. The first-order chi connectivity index (χ1) is 9.93. The highest BCUT2D eigenvalue weighted by atomic mass is 32.2. The molecule has 1 amide bonds. The van der Waals surface area contributed by atoms with Gasteiger partial charge in [0.2, 0.25) is 5.91 Å². The molecular formula is C15H21NO4S. The minimum Gasteiger partial charge on any atom is -0.482 e. The van der Waals surface area contributed by atoms with Gasteiger partial charge in [0.15, 0.2) is 6.61 Å². The van der Waals surface area contributed by atoms with Crippen LogP contribution >= 0.6 is 11.8 Å². The van der Waals surface area contributed by atoms with Gasteiger partial charge < -0.3 is 15.2 Å². The van der Waals surface area contributed by atoms with E-state index in [1.54, 1.807) is 36.0 Å². The molecule has 1 unspecified atom stereocenters. The molecule has 0 fully saturated rings. The fraction of sp³-hybridized carbons (Fsp3) is 0.467. The van der Waals surface area contributed by atoms with Crippen molar-refractivity contribution in [1.29, 1.82) is 0 Å². The second-order valence-electron chi connectivity index (χ2n) is 4.82. The van der Waals surface area contributed by atoms with Crippen LogP contribution in [0.5, 0.6) is 5.75 Å². The Morgan fingerprint density at radius 3 is 2.38 bits per heavy atom. The smallest absolute Gasteiger partial charge is 0.341 e. The molecule has 1 aromatic rings. The SMILES string of the molecule is CCSC(C(=O)Nc1ccc(OCC(=O)O)cc1)C(C)C. The molecule has 116 valence electrons. The van der Waals surface area contributed by atoms with Gasteiger partial charge in [-0.05, 0) is 35.9 Å². The molecule has 0 radical (unpaired) electrons. The summed E-state index contributed by atoms with van der Waals surface area (Å²) in [4.78, 5) is 22.6. The standard InChI is InChI=1S/C15H21NO4S/c1-4-21-14(10(2)3)15(19)16-11-5-7-12(8-6-11)20-9-13(17)18/h5-8,10,14H,4,9H2,1-3H3,(H,16,19)(H,17,18). The van der Waals surface area contributed by atoms with Crippen LogP contribution in [0.4, 0.5) is 5.69 Å². The van der Waals surface area contributed by atoms with E-state index in [0.717, 1.165) is 5.75 Å². The van der Waals surface area contributed by atoms with Crippen molar-refractivity contribution in [3.63, 3.8) is 0 Å². The van der Waals surface area contributed by atoms with Crippen molar-refractivity contribution in [3.05, 3.63) is 24.3 Å². The van der Waals surface area contributed by atoms with Crippen LogP contribution in [-0.2, 0) is 9.59 Å². The van der Waals surface area contributed by atoms with Gasteiger partial charge in [0.05, 0.1) is 5.25 Å². The molecule has 6 heteroatoms. The summed E-state index contributed by atoms with van der Waals surface area (Å²) in [5.74, 6) is 0.560. The zero-order valence-electron chi connectivity index (χ0n) is 12.5. The molecule has 21 heavy (non-hydrogen) atoms. The lowest BCUT2D eigenvalue weighted by atomic mass is 10.1.